The normalized spacial score (nSPS) is 10.1. The maximum atomic E-state index is 5.74. The van der Waals surface area contributed by atoms with Crippen molar-refractivity contribution >= 4 is 15.9 Å². The van der Waals surface area contributed by atoms with Crippen LogP contribution in [0.15, 0.2) is 54.6 Å². The molecule has 0 saturated carbocycles. The second-order valence-corrected chi connectivity index (χ2v) is 4.57. The molecule has 3 heteroatoms. The predicted octanol–water partition coefficient (Wildman–Crippen LogP) is 4.64. The van der Waals surface area contributed by atoms with E-state index >= 15 is 0 Å². The molecule has 0 amide bonds. The Kier molecular flexibility index (Phi) is 5.09. The smallest absolute Gasteiger partial charge is 0.131 e. The number of alkyl halides is 1. The van der Waals surface area contributed by atoms with E-state index in [1.54, 1.807) is 0 Å². The highest BCUT2D eigenvalue weighted by Gasteiger charge is 1.99. The Morgan fingerprint density at radius 3 is 2.33 bits per heavy atom. The Labute approximate surface area is 116 Å². The number of ether oxygens (including phenoxy) is 2. The monoisotopic (exact) mass is 306 g/mol. The van der Waals surface area contributed by atoms with E-state index in [0.717, 1.165) is 29.0 Å². The molecule has 0 aliphatic heterocycles. The van der Waals surface area contributed by atoms with Crippen LogP contribution in [0.4, 0.5) is 0 Å². The molecule has 0 aliphatic rings. The number of halogens is 1. The van der Waals surface area contributed by atoms with E-state index in [2.05, 4.69) is 15.9 Å². The third-order valence-electron chi connectivity index (χ3n) is 2.33. The molecule has 0 N–H and O–H groups in total. The summed E-state index contributed by atoms with van der Waals surface area (Å²) in [6.07, 6.45) is 0.990. The molecule has 0 unspecified atom stereocenters. The summed E-state index contributed by atoms with van der Waals surface area (Å²) >= 11 is 3.38. The van der Waals surface area contributed by atoms with Crippen LogP contribution < -0.4 is 9.47 Å². The van der Waals surface area contributed by atoms with E-state index in [0.29, 0.717) is 6.61 Å². The van der Waals surface area contributed by atoms with E-state index in [1.807, 2.05) is 54.6 Å². The molecule has 0 saturated heterocycles. The Balaban J connectivity index is 1.99. The van der Waals surface area contributed by atoms with E-state index in [-0.39, 0.29) is 0 Å². The van der Waals surface area contributed by atoms with Crippen molar-refractivity contribution in [1.29, 1.82) is 0 Å². The lowest BCUT2D eigenvalue weighted by molar-refractivity contribution is 0.317. The Morgan fingerprint density at radius 2 is 1.56 bits per heavy atom. The fourth-order valence-electron chi connectivity index (χ4n) is 1.50. The van der Waals surface area contributed by atoms with Gasteiger partial charge in [0.1, 0.15) is 17.2 Å². The van der Waals surface area contributed by atoms with Gasteiger partial charge in [0.15, 0.2) is 0 Å². The van der Waals surface area contributed by atoms with Crippen LogP contribution in [0.1, 0.15) is 6.42 Å². The van der Waals surface area contributed by atoms with Gasteiger partial charge in [-0.2, -0.15) is 0 Å². The molecule has 0 aromatic heterocycles. The average molecular weight is 307 g/mol. The van der Waals surface area contributed by atoms with Gasteiger partial charge in [-0.25, -0.2) is 0 Å². The lowest BCUT2D eigenvalue weighted by atomic mass is 10.3. The second kappa shape index (κ2) is 7.07. The highest BCUT2D eigenvalue weighted by Crippen LogP contribution is 2.24. The van der Waals surface area contributed by atoms with E-state index in [4.69, 9.17) is 9.47 Å². The van der Waals surface area contributed by atoms with Gasteiger partial charge in [0.2, 0.25) is 0 Å². The molecule has 0 heterocycles. The summed E-state index contributed by atoms with van der Waals surface area (Å²) in [6.45, 7) is 0.708. The van der Waals surface area contributed by atoms with Crippen molar-refractivity contribution in [2.75, 3.05) is 11.9 Å². The zero-order chi connectivity index (χ0) is 12.6. The molecule has 2 rings (SSSR count). The molecule has 0 radical (unpaired) electrons. The van der Waals surface area contributed by atoms with Crippen molar-refractivity contribution < 1.29 is 9.47 Å². The van der Waals surface area contributed by atoms with Crippen molar-refractivity contribution in [3.8, 4) is 17.2 Å². The Bertz CT molecular complexity index is 471. The molecule has 2 aromatic rings. The lowest BCUT2D eigenvalue weighted by Crippen LogP contribution is -1.97. The van der Waals surface area contributed by atoms with Crippen LogP contribution in [0.2, 0.25) is 0 Å². The van der Waals surface area contributed by atoms with Crippen LogP contribution in [-0.4, -0.2) is 11.9 Å². The SMILES string of the molecule is BrCCCOc1cccc(Oc2ccccc2)c1. The number of para-hydroxylation sites is 1. The lowest BCUT2D eigenvalue weighted by Gasteiger charge is -2.08. The molecular weight excluding hydrogens is 292 g/mol. The van der Waals surface area contributed by atoms with E-state index in [1.165, 1.54) is 0 Å². The fourth-order valence-corrected chi connectivity index (χ4v) is 1.73. The maximum absolute atomic E-state index is 5.74. The molecule has 2 aromatic carbocycles. The quantitative estimate of drug-likeness (QED) is 0.571. The Morgan fingerprint density at radius 1 is 0.833 bits per heavy atom. The van der Waals surface area contributed by atoms with Gasteiger partial charge in [0.05, 0.1) is 6.61 Å². The van der Waals surface area contributed by atoms with Crippen LogP contribution in [0.3, 0.4) is 0 Å². The van der Waals surface area contributed by atoms with Crippen LogP contribution in [0.5, 0.6) is 17.2 Å². The van der Waals surface area contributed by atoms with Gasteiger partial charge in [0, 0.05) is 11.4 Å². The molecule has 0 spiro atoms. The molecular formula is C15H15BrO2. The summed E-state index contributed by atoms with van der Waals surface area (Å²) in [7, 11) is 0. The summed E-state index contributed by atoms with van der Waals surface area (Å²) in [5.74, 6) is 2.46. The van der Waals surface area contributed by atoms with Crippen molar-refractivity contribution in [2.24, 2.45) is 0 Å². The highest BCUT2D eigenvalue weighted by molar-refractivity contribution is 9.09. The van der Waals surface area contributed by atoms with Gasteiger partial charge in [-0.1, -0.05) is 40.2 Å². The first kappa shape index (κ1) is 13.0. The Hall–Kier alpha value is -1.48. The number of benzene rings is 2. The molecule has 18 heavy (non-hydrogen) atoms. The van der Waals surface area contributed by atoms with Crippen LogP contribution in [0.25, 0.3) is 0 Å². The minimum Gasteiger partial charge on any atom is -0.493 e. The van der Waals surface area contributed by atoms with Crippen molar-refractivity contribution in [3.63, 3.8) is 0 Å². The summed E-state index contributed by atoms with van der Waals surface area (Å²) in [5.41, 5.74) is 0. The minimum atomic E-state index is 0.708. The van der Waals surface area contributed by atoms with Gasteiger partial charge < -0.3 is 9.47 Å². The third-order valence-corrected chi connectivity index (χ3v) is 2.89. The standard InChI is InChI=1S/C15H15BrO2/c16-10-5-11-17-14-8-4-9-15(12-14)18-13-6-2-1-3-7-13/h1-4,6-9,12H,5,10-11H2. The van der Waals surface area contributed by atoms with Crippen molar-refractivity contribution in [1.82, 2.24) is 0 Å². The van der Waals surface area contributed by atoms with E-state index < -0.39 is 0 Å². The summed E-state index contributed by atoms with van der Waals surface area (Å²) < 4.78 is 11.4. The number of hydrogen-bond donors (Lipinski definition) is 0. The zero-order valence-electron chi connectivity index (χ0n) is 10.0. The third kappa shape index (κ3) is 4.08. The average Bonchev–Trinajstić information content (AvgIpc) is 2.41. The maximum Gasteiger partial charge on any atom is 0.131 e. The summed E-state index contributed by atoms with van der Waals surface area (Å²) in [5, 5.41) is 0.952. The van der Waals surface area contributed by atoms with Gasteiger partial charge in [-0.3, -0.25) is 0 Å². The summed E-state index contributed by atoms with van der Waals surface area (Å²) in [6, 6.07) is 17.4. The highest BCUT2D eigenvalue weighted by atomic mass is 79.9. The van der Waals surface area contributed by atoms with Crippen LogP contribution >= 0.6 is 15.9 Å². The van der Waals surface area contributed by atoms with Gasteiger partial charge >= 0.3 is 0 Å². The molecule has 0 atom stereocenters. The van der Waals surface area contributed by atoms with Crippen molar-refractivity contribution in [2.45, 2.75) is 6.42 Å². The number of hydrogen-bond acceptors (Lipinski definition) is 2. The topological polar surface area (TPSA) is 18.5 Å². The molecule has 94 valence electrons. The van der Waals surface area contributed by atoms with Gasteiger partial charge in [-0.05, 0) is 30.7 Å². The first-order chi connectivity index (χ1) is 8.88. The molecule has 0 aliphatic carbocycles. The number of rotatable bonds is 6. The van der Waals surface area contributed by atoms with Crippen molar-refractivity contribution in [3.05, 3.63) is 54.6 Å². The van der Waals surface area contributed by atoms with Gasteiger partial charge in [0.25, 0.3) is 0 Å². The summed E-state index contributed by atoms with van der Waals surface area (Å²) in [4.78, 5) is 0. The molecule has 0 bridgehead atoms. The predicted molar refractivity (Wildman–Crippen MR) is 76.9 cm³/mol. The largest absolute Gasteiger partial charge is 0.493 e. The first-order valence-corrected chi connectivity index (χ1v) is 7.02. The fraction of sp³-hybridized carbons (Fsp3) is 0.200. The molecule has 2 nitrogen and oxygen atoms in total. The van der Waals surface area contributed by atoms with Crippen LogP contribution in [-0.2, 0) is 0 Å². The van der Waals surface area contributed by atoms with E-state index in [9.17, 15) is 0 Å². The van der Waals surface area contributed by atoms with Gasteiger partial charge in [-0.15, -0.1) is 0 Å². The minimum absolute atomic E-state index is 0.708. The first-order valence-electron chi connectivity index (χ1n) is 5.90. The van der Waals surface area contributed by atoms with Crippen LogP contribution in [0, 0.1) is 0 Å². The molecule has 0 fully saturated rings. The zero-order valence-corrected chi connectivity index (χ0v) is 11.6. The second-order valence-electron chi connectivity index (χ2n) is 3.78.